The molecule has 0 saturated carbocycles. The second-order valence-electron chi connectivity index (χ2n) is 5.43. The molecule has 0 atom stereocenters. The predicted octanol–water partition coefficient (Wildman–Crippen LogP) is 3.40. The Morgan fingerprint density at radius 2 is 1.12 bits per heavy atom. The molecule has 2 aromatic rings. The maximum absolute atomic E-state index is 12.2. The molecule has 0 aliphatic rings. The molecule has 132 valence electrons. The summed E-state index contributed by atoms with van der Waals surface area (Å²) < 4.78 is -1.88. The normalized spacial score (nSPS) is 11.2. The van der Waals surface area contributed by atoms with Crippen molar-refractivity contribution in [3.8, 4) is 0 Å². The minimum absolute atomic E-state index is 0.118. The van der Waals surface area contributed by atoms with Crippen LogP contribution < -0.4 is 10.6 Å². The number of alkyl halides is 3. The fourth-order valence-corrected chi connectivity index (χ4v) is 2.51. The van der Waals surface area contributed by atoms with Gasteiger partial charge in [0.15, 0.2) is 0 Å². The van der Waals surface area contributed by atoms with Gasteiger partial charge in [-0.2, -0.15) is 0 Å². The molecule has 2 N–H and O–H groups in total. The van der Waals surface area contributed by atoms with Gasteiger partial charge in [0, 0.05) is 0 Å². The number of benzene rings is 2. The van der Waals surface area contributed by atoms with Gasteiger partial charge in [0.25, 0.3) is 0 Å². The molecule has 25 heavy (non-hydrogen) atoms. The van der Waals surface area contributed by atoms with Gasteiger partial charge in [-0.15, -0.1) is 0 Å². The van der Waals surface area contributed by atoms with Gasteiger partial charge in [0.05, 0.1) is 12.8 Å². The van der Waals surface area contributed by atoms with Crippen molar-refractivity contribution in [3.63, 3.8) is 0 Å². The highest BCUT2D eigenvalue weighted by Gasteiger charge is 2.35. The number of halogens is 3. The quantitative estimate of drug-likeness (QED) is 0.578. The minimum Gasteiger partial charge on any atom is -0.332 e. The Hall–Kier alpha value is -1.75. The molecular weight excluding hydrogens is 383 g/mol. The molecule has 0 radical (unpaired) electrons. The van der Waals surface area contributed by atoms with E-state index in [0.717, 1.165) is 11.1 Å². The molecular formula is C18H17Cl3N2O2. The fourth-order valence-electron chi connectivity index (χ4n) is 2.19. The van der Waals surface area contributed by atoms with Gasteiger partial charge in [0.1, 0.15) is 6.17 Å². The van der Waals surface area contributed by atoms with Gasteiger partial charge in [-0.1, -0.05) is 95.5 Å². The van der Waals surface area contributed by atoms with Crippen molar-refractivity contribution in [1.29, 1.82) is 0 Å². The summed E-state index contributed by atoms with van der Waals surface area (Å²) in [6, 6.07) is 18.3. The molecule has 0 fully saturated rings. The van der Waals surface area contributed by atoms with Crippen LogP contribution in [0.2, 0.25) is 0 Å². The fraction of sp³-hybridized carbons (Fsp3) is 0.222. The van der Waals surface area contributed by atoms with Crippen LogP contribution >= 0.6 is 34.8 Å². The Balaban J connectivity index is 1.96. The summed E-state index contributed by atoms with van der Waals surface area (Å²) in [5.74, 6) is -0.718. The Morgan fingerprint density at radius 3 is 1.44 bits per heavy atom. The monoisotopic (exact) mass is 398 g/mol. The van der Waals surface area contributed by atoms with Crippen LogP contribution in [0.5, 0.6) is 0 Å². The first-order chi connectivity index (χ1) is 11.8. The summed E-state index contributed by atoms with van der Waals surface area (Å²) in [6.45, 7) is 0. The van der Waals surface area contributed by atoms with E-state index in [1.54, 1.807) is 0 Å². The number of rotatable bonds is 6. The zero-order valence-electron chi connectivity index (χ0n) is 13.2. The first-order valence-corrected chi connectivity index (χ1v) is 8.71. The lowest BCUT2D eigenvalue weighted by Crippen LogP contribution is -2.55. The van der Waals surface area contributed by atoms with E-state index in [4.69, 9.17) is 34.8 Å². The summed E-state index contributed by atoms with van der Waals surface area (Å²) in [4.78, 5) is 24.3. The largest absolute Gasteiger partial charge is 0.332 e. The van der Waals surface area contributed by atoms with Crippen LogP contribution in [0.15, 0.2) is 60.7 Å². The topological polar surface area (TPSA) is 58.2 Å². The van der Waals surface area contributed by atoms with Gasteiger partial charge in [0.2, 0.25) is 15.6 Å². The third-order valence-corrected chi connectivity index (χ3v) is 4.01. The molecule has 0 bridgehead atoms. The third-order valence-electron chi connectivity index (χ3n) is 3.35. The van der Waals surface area contributed by atoms with Crippen LogP contribution in [0.1, 0.15) is 11.1 Å². The van der Waals surface area contributed by atoms with E-state index in [1.165, 1.54) is 0 Å². The molecule has 4 nitrogen and oxygen atoms in total. The van der Waals surface area contributed by atoms with Crippen LogP contribution in [0.3, 0.4) is 0 Å². The second-order valence-corrected chi connectivity index (χ2v) is 7.80. The molecule has 0 unspecified atom stereocenters. The Morgan fingerprint density at radius 1 is 0.760 bits per heavy atom. The van der Waals surface area contributed by atoms with Crippen molar-refractivity contribution in [3.05, 3.63) is 71.8 Å². The number of hydrogen-bond acceptors (Lipinski definition) is 2. The highest BCUT2D eigenvalue weighted by atomic mass is 35.6. The zero-order chi connectivity index (χ0) is 18.3. The Labute approximate surface area is 161 Å². The molecule has 2 amide bonds. The molecule has 7 heteroatoms. The molecule has 0 saturated heterocycles. The maximum atomic E-state index is 12.2. The summed E-state index contributed by atoms with van der Waals surface area (Å²) >= 11 is 17.7. The average Bonchev–Trinajstić information content (AvgIpc) is 2.55. The van der Waals surface area contributed by atoms with Gasteiger partial charge in [-0.05, 0) is 11.1 Å². The maximum Gasteiger partial charge on any atom is 0.228 e. The van der Waals surface area contributed by atoms with Crippen LogP contribution in [0.25, 0.3) is 0 Å². The predicted molar refractivity (Wildman–Crippen MR) is 101 cm³/mol. The lowest BCUT2D eigenvalue weighted by molar-refractivity contribution is -0.123. The minimum atomic E-state index is -1.88. The van der Waals surface area contributed by atoms with Crippen LogP contribution in [-0.4, -0.2) is 21.8 Å². The third kappa shape index (κ3) is 6.94. The van der Waals surface area contributed by atoms with E-state index in [1.807, 2.05) is 60.7 Å². The van der Waals surface area contributed by atoms with Crippen LogP contribution in [-0.2, 0) is 22.4 Å². The lowest BCUT2D eigenvalue weighted by atomic mass is 10.1. The van der Waals surface area contributed by atoms with Gasteiger partial charge in [-0.3, -0.25) is 9.59 Å². The van der Waals surface area contributed by atoms with Crippen molar-refractivity contribution >= 4 is 46.6 Å². The SMILES string of the molecule is O=C(Cc1ccccc1)NC(NC(=O)Cc1ccccc1)C(Cl)(Cl)Cl. The Bertz CT molecular complexity index is 648. The molecule has 2 rings (SSSR count). The van der Waals surface area contributed by atoms with Gasteiger partial charge >= 0.3 is 0 Å². The summed E-state index contributed by atoms with van der Waals surface area (Å²) in [6.07, 6.45) is -0.899. The standard InChI is InChI=1S/C18H17Cl3N2O2/c19-18(20,21)17(22-15(24)11-13-7-3-1-4-8-13)23-16(25)12-14-9-5-2-6-10-14/h1-10,17H,11-12H2,(H,22,24)(H,23,25). The number of nitrogens with one attached hydrogen (secondary N) is 2. The summed E-state index contributed by atoms with van der Waals surface area (Å²) in [5.41, 5.74) is 1.64. The van der Waals surface area contributed by atoms with E-state index in [9.17, 15) is 9.59 Å². The highest BCUT2D eigenvalue weighted by molar-refractivity contribution is 6.68. The molecule has 2 aromatic carbocycles. The van der Waals surface area contributed by atoms with Crippen molar-refractivity contribution in [2.75, 3.05) is 0 Å². The molecule has 0 spiro atoms. The van der Waals surface area contributed by atoms with Gasteiger partial charge in [-0.25, -0.2) is 0 Å². The zero-order valence-corrected chi connectivity index (χ0v) is 15.5. The van der Waals surface area contributed by atoms with E-state index in [-0.39, 0.29) is 24.7 Å². The highest BCUT2D eigenvalue weighted by Crippen LogP contribution is 2.29. The number of carbonyl (C=O) groups is 2. The number of amides is 2. The van der Waals surface area contributed by atoms with E-state index in [2.05, 4.69) is 10.6 Å². The number of carbonyl (C=O) groups excluding carboxylic acids is 2. The van der Waals surface area contributed by atoms with E-state index >= 15 is 0 Å². The lowest BCUT2D eigenvalue weighted by Gasteiger charge is -2.26. The van der Waals surface area contributed by atoms with Crippen LogP contribution in [0.4, 0.5) is 0 Å². The smallest absolute Gasteiger partial charge is 0.228 e. The first kappa shape index (κ1) is 19.6. The van der Waals surface area contributed by atoms with Crippen molar-refractivity contribution < 1.29 is 9.59 Å². The number of hydrogen-bond donors (Lipinski definition) is 2. The van der Waals surface area contributed by atoms with Crippen molar-refractivity contribution in [1.82, 2.24) is 10.6 Å². The first-order valence-electron chi connectivity index (χ1n) is 7.58. The van der Waals surface area contributed by atoms with Crippen LogP contribution in [0, 0.1) is 0 Å². The molecule has 0 heterocycles. The van der Waals surface area contributed by atoms with E-state index < -0.39 is 9.96 Å². The summed E-state index contributed by atoms with van der Waals surface area (Å²) in [7, 11) is 0. The van der Waals surface area contributed by atoms with Crippen molar-refractivity contribution in [2.24, 2.45) is 0 Å². The average molecular weight is 400 g/mol. The second kappa shape index (κ2) is 9.09. The van der Waals surface area contributed by atoms with E-state index in [0.29, 0.717) is 0 Å². The van der Waals surface area contributed by atoms with Crippen molar-refractivity contribution in [2.45, 2.75) is 22.8 Å². The molecule has 0 aliphatic heterocycles. The molecule has 0 aromatic heterocycles. The van der Waals surface area contributed by atoms with Gasteiger partial charge < -0.3 is 10.6 Å². The molecule has 0 aliphatic carbocycles. The summed E-state index contributed by atoms with van der Waals surface area (Å²) in [5, 5.41) is 5.11. The Kier molecular flexibility index (Phi) is 7.12.